The standard InChI is InChI=1S/C14H20N2O2S/c1-4-5-10-16-19(17,18)14-8-6-13(7-9-14)11-15-12(2)3/h6-9,12,15-16H,10-11H2,1-3H3. The largest absolute Gasteiger partial charge is 0.310 e. The van der Waals surface area contributed by atoms with Crippen LogP contribution in [0, 0.1) is 11.8 Å². The molecule has 104 valence electrons. The summed E-state index contributed by atoms with van der Waals surface area (Å²) in [6.45, 7) is 6.67. The molecule has 0 radical (unpaired) electrons. The second kappa shape index (κ2) is 7.29. The first-order valence-electron chi connectivity index (χ1n) is 6.17. The Hall–Kier alpha value is -1.35. The van der Waals surface area contributed by atoms with Crippen LogP contribution in [0.1, 0.15) is 26.3 Å². The fourth-order valence-electron chi connectivity index (χ4n) is 1.41. The summed E-state index contributed by atoms with van der Waals surface area (Å²) in [5.74, 6) is 5.31. The Bertz CT molecular complexity index is 551. The van der Waals surface area contributed by atoms with Crippen molar-refractivity contribution in [1.29, 1.82) is 0 Å². The molecule has 0 aliphatic rings. The molecular weight excluding hydrogens is 260 g/mol. The van der Waals surface area contributed by atoms with Gasteiger partial charge in [0.1, 0.15) is 0 Å². The third kappa shape index (κ3) is 5.43. The van der Waals surface area contributed by atoms with Gasteiger partial charge in [-0.2, -0.15) is 4.72 Å². The normalized spacial score (nSPS) is 11.2. The van der Waals surface area contributed by atoms with Crippen molar-refractivity contribution in [2.75, 3.05) is 6.54 Å². The van der Waals surface area contributed by atoms with Crippen LogP contribution in [0.5, 0.6) is 0 Å². The Labute approximate surface area is 115 Å². The SMILES string of the molecule is CC#CCNS(=O)(=O)c1ccc(CNC(C)C)cc1. The van der Waals surface area contributed by atoms with Gasteiger partial charge in [-0.05, 0) is 24.6 Å². The molecule has 0 unspecified atom stereocenters. The van der Waals surface area contributed by atoms with Gasteiger partial charge in [0.05, 0.1) is 11.4 Å². The lowest BCUT2D eigenvalue weighted by molar-refractivity contribution is 0.583. The van der Waals surface area contributed by atoms with Crippen molar-refractivity contribution in [3.63, 3.8) is 0 Å². The van der Waals surface area contributed by atoms with Crippen LogP contribution in [0.25, 0.3) is 0 Å². The monoisotopic (exact) mass is 280 g/mol. The van der Waals surface area contributed by atoms with Crippen LogP contribution in [0.4, 0.5) is 0 Å². The molecule has 1 rings (SSSR count). The van der Waals surface area contributed by atoms with Crippen LogP contribution in [0.15, 0.2) is 29.2 Å². The van der Waals surface area contributed by atoms with E-state index in [1.165, 1.54) is 0 Å². The molecule has 1 aromatic carbocycles. The van der Waals surface area contributed by atoms with E-state index in [1.54, 1.807) is 19.1 Å². The van der Waals surface area contributed by atoms with Gasteiger partial charge < -0.3 is 5.32 Å². The molecule has 0 saturated carbocycles. The number of hydrogen-bond acceptors (Lipinski definition) is 3. The molecule has 0 aliphatic carbocycles. The Balaban J connectivity index is 2.71. The molecule has 4 nitrogen and oxygen atoms in total. The van der Waals surface area contributed by atoms with Crippen molar-refractivity contribution in [2.24, 2.45) is 0 Å². The Morgan fingerprint density at radius 1 is 1.21 bits per heavy atom. The molecule has 0 atom stereocenters. The lowest BCUT2D eigenvalue weighted by atomic mass is 10.2. The third-order valence-corrected chi connectivity index (χ3v) is 3.89. The lowest BCUT2D eigenvalue weighted by Gasteiger charge is -2.09. The fourth-order valence-corrected chi connectivity index (χ4v) is 2.33. The second-order valence-electron chi connectivity index (χ2n) is 4.43. The van der Waals surface area contributed by atoms with Gasteiger partial charge in [0, 0.05) is 12.6 Å². The van der Waals surface area contributed by atoms with E-state index in [0.717, 1.165) is 12.1 Å². The van der Waals surface area contributed by atoms with Crippen LogP contribution in [-0.4, -0.2) is 21.0 Å². The minimum atomic E-state index is -3.45. The van der Waals surface area contributed by atoms with Crippen molar-refractivity contribution < 1.29 is 8.42 Å². The average molecular weight is 280 g/mol. The van der Waals surface area contributed by atoms with E-state index in [0.29, 0.717) is 6.04 Å². The van der Waals surface area contributed by atoms with E-state index in [2.05, 4.69) is 35.7 Å². The third-order valence-electron chi connectivity index (χ3n) is 2.48. The van der Waals surface area contributed by atoms with Gasteiger partial charge in [-0.3, -0.25) is 0 Å². The molecule has 19 heavy (non-hydrogen) atoms. The number of rotatable bonds is 6. The molecular formula is C14H20N2O2S. The Morgan fingerprint density at radius 2 is 1.84 bits per heavy atom. The highest BCUT2D eigenvalue weighted by atomic mass is 32.2. The predicted octanol–water partition coefficient (Wildman–Crippen LogP) is 1.49. The van der Waals surface area contributed by atoms with Crippen LogP contribution >= 0.6 is 0 Å². The van der Waals surface area contributed by atoms with Gasteiger partial charge in [0.25, 0.3) is 0 Å². The van der Waals surface area contributed by atoms with Crippen LogP contribution in [-0.2, 0) is 16.6 Å². The van der Waals surface area contributed by atoms with Gasteiger partial charge in [-0.1, -0.05) is 31.9 Å². The van der Waals surface area contributed by atoms with Crippen LogP contribution in [0.2, 0.25) is 0 Å². The van der Waals surface area contributed by atoms with Gasteiger partial charge in [0.2, 0.25) is 10.0 Å². The molecule has 0 spiro atoms. The maximum atomic E-state index is 11.9. The highest BCUT2D eigenvalue weighted by molar-refractivity contribution is 7.89. The first-order chi connectivity index (χ1) is 8.95. The molecule has 2 N–H and O–H groups in total. The maximum absolute atomic E-state index is 11.9. The minimum absolute atomic E-state index is 0.134. The summed E-state index contributed by atoms with van der Waals surface area (Å²) in [7, 11) is -3.45. The molecule has 0 aromatic heterocycles. The summed E-state index contributed by atoms with van der Waals surface area (Å²) in [5.41, 5.74) is 1.06. The van der Waals surface area contributed by atoms with E-state index in [1.807, 2.05) is 12.1 Å². The van der Waals surface area contributed by atoms with E-state index in [-0.39, 0.29) is 11.4 Å². The van der Waals surface area contributed by atoms with Crippen molar-refractivity contribution in [3.8, 4) is 11.8 Å². The zero-order valence-corrected chi connectivity index (χ0v) is 12.3. The first-order valence-corrected chi connectivity index (χ1v) is 7.65. The summed E-state index contributed by atoms with van der Waals surface area (Å²) >= 11 is 0. The summed E-state index contributed by atoms with van der Waals surface area (Å²) in [6.07, 6.45) is 0. The van der Waals surface area contributed by atoms with Gasteiger partial charge in [-0.25, -0.2) is 8.42 Å². The first kappa shape index (κ1) is 15.7. The van der Waals surface area contributed by atoms with E-state index >= 15 is 0 Å². The van der Waals surface area contributed by atoms with Crippen LogP contribution < -0.4 is 10.0 Å². The molecule has 0 fully saturated rings. The van der Waals surface area contributed by atoms with Gasteiger partial charge >= 0.3 is 0 Å². The number of benzene rings is 1. The average Bonchev–Trinajstić information content (AvgIpc) is 2.37. The van der Waals surface area contributed by atoms with E-state index in [9.17, 15) is 8.42 Å². The summed E-state index contributed by atoms with van der Waals surface area (Å²) in [4.78, 5) is 0.263. The van der Waals surface area contributed by atoms with Crippen molar-refractivity contribution in [1.82, 2.24) is 10.0 Å². The van der Waals surface area contributed by atoms with Crippen molar-refractivity contribution in [3.05, 3.63) is 29.8 Å². The van der Waals surface area contributed by atoms with E-state index < -0.39 is 10.0 Å². The molecule has 0 amide bonds. The number of hydrogen-bond donors (Lipinski definition) is 2. The van der Waals surface area contributed by atoms with Gasteiger partial charge in [0.15, 0.2) is 0 Å². The smallest absolute Gasteiger partial charge is 0.241 e. The van der Waals surface area contributed by atoms with Crippen molar-refractivity contribution in [2.45, 2.75) is 38.3 Å². The van der Waals surface area contributed by atoms with Gasteiger partial charge in [-0.15, -0.1) is 5.92 Å². The second-order valence-corrected chi connectivity index (χ2v) is 6.20. The maximum Gasteiger partial charge on any atom is 0.241 e. The minimum Gasteiger partial charge on any atom is -0.310 e. The zero-order valence-electron chi connectivity index (χ0n) is 11.5. The number of sulfonamides is 1. The highest BCUT2D eigenvalue weighted by Crippen LogP contribution is 2.10. The topological polar surface area (TPSA) is 58.2 Å². The number of nitrogens with one attached hydrogen (secondary N) is 2. The highest BCUT2D eigenvalue weighted by Gasteiger charge is 2.12. The Morgan fingerprint density at radius 3 is 2.37 bits per heavy atom. The molecule has 1 aromatic rings. The summed E-state index contributed by atoms with van der Waals surface area (Å²) in [5, 5.41) is 3.28. The predicted molar refractivity (Wildman–Crippen MR) is 77.1 cm³/mol. The lowest BCUT2D eigenvalue weighted by Crippen LogP contribution is -2.24. The molecule has 5 heteroatoms. The molecule has 0 saturated heterocycles. The van der Waals surface area contributed by atoms with Crippen LogP contribution in [0.3, 0.4) is 0 Å². The zero-order chi connectivity index (χ0) is 14.3. The molecule has 0 bridgehead atoms. The Kier molecular flexibility index (Phi) is 6.03. The fraction of sp³-hybridized carbons (Fsp3) is 0.429. The quantitative estimate of drug-likeness (QED) is 0.776. The molecule has 0 heterocycles. The molecule has 0 aliphatic heterocycles. The summed E-state index contributed by atoms with van der Waals surface area (Å²) in [6, 6.07) is 7.25. The summed E-state index contributed by atoms with van der Waals surface area (Å²) < 4.78 is 26.2. The van der Waals surface area contributed by atoms with E-state index in [4.69, 9.17) is 0 Å². The van der Waals surface area contributed by atoms with Crippen molar-refractivity contribution >= 4 is 10.0 Å².